The third-order valence-corrected chi connectivity index (χ3v) is 4.38. The van der Waals surface area contributed by atoms with E-state index < -0.39 is 5.54 Å². The molecule has 1 aromatic rings. The van der Waals surface area contributed by atoms with Crippen LogP contribution in [0.3, 0.4) is 0 Å². The van der Waals surface area contributed by atoms with Gasteiger partial charge in [0.15, 0.2) is 0 Å². The predicted molar refractivity (Wildman–Crippen MR) is 82.4 cm³/mol. The molecule has 1 fully saturated rings. The molecular formula is C15H21BrN2O2. The quantitative estimate of drug-likeness (QED) is 0.886. The van der Waals surface area contributed by atoms with Crippen LogP contribution in [0, 0.1) is 13.8 Å². The van der Waals surface area contributed by atoms with Crippen LogP contribution < -0.4 is 11.1 Å². The number of benzene rings is 1. The number of carbonyl (C=O) groups excluding carboxylic acids is 1. The molecule has 110 valence electrons. The highest BCUT2D eigenvalue weighted by molar-refractivity contribution is 9.10. The van der Waals surface area contributed by atoms with Gasteiger partial charge < -0.3 is 15.8 Å². The van der Waals surface area contributed by atoms with E-state index in [1.165, 1.54) is 0 Å². The number of amides is 1. The summed E-state index contributed by atoms with van der Waals surface area (Å²) < 4.78 is 6.32. The monoisotopic (exact) mass is 340 g/mol. The average molecular weight is 341 g/mol. The summed E-state index contributed by atoms with van der Waals surface area (Å²) in [5.41, 5.74) is 8.86. The highest BCUT2D eigenvalue weighted by Gasteiger charge is 2.35. The SMILES string of the molecule is Cc1cc(Br)cc(C)c1CNC(=O)C1(N)CCOCC1. The minimum absolute atomic E-state index is 0.0810. The first-order valence-corrected chi connectivity index (χ1v) is 7.62. The first-order valence-electron chi connectivity index (χ1n) is 6.83. The lowest BCUT2D eigenvalue weighted by Gasteiger charge is -2.32. The zero-order valence-corrected chi connectivity index (χ0v) is 13.5. The number of rotatable bonds is 3. The Kier molecular flexibility index (Phi) is 4.83. The lowest BCUT2D eigenvalue weighted by atomic mass is 9.90. The number of hydrogen-bond acceptors (Lipinski definition) is 3. The summed E-state index contributed by atoms with van der Waals surface area (Å²) in [7, 11) is 0. The standard InChI is InChI=1S/C15H21BrN2O2/c1-10-7-12(16)8-11(2)13(10)9-18-14(19)15(17)3-5-20-6-4-15/h7-8H,3-6,9,17H2,1-2H3,(H,18,19). The zero-order valence-electron chi connectivity index (χ0n) is 12.0. The molecule has 4 nitrogen and oxygen atoms in total. The maximum absolute atomic E-state index is 12.3. The summed E-state index contributed by atoms with van der Waals surface area (Å²) in [5, 5.41) is 2.98. The second kappa shape index (κ2) is 6.24. The van der Waals surface area contributed by atoms with Gasteiger partial charge in [-0.15, -0.1) is 0 Å². The zero-order chi connectivity index (χ0) is 14.8. The van der Waals surface area contributed by atoms with Crippen LogP contribution >= 0.6 is 15.9 Å². The fraction of sp³-hybridized carbons (Fsp3) is 0.533. The van der Waals surface area contributed by atoms with Crippen molar-refractivity contribution in [3.05, 3.63) is 33.3 Å². The molecule has 20 heavy (non-hydrogen) atoms. The number of nitrogens with two attached hydrogens (primary N) is 1. The van der Waals surface area contributed by atoms with E-state index in [0.29, 0.717) is 32.6 Å². The normalized spacial score (nSPS) is 17.8. The van der Waals surface area contributed by atoms with Gasteiger partial charge in [0.25, 0.3) is 0 Å². The van der Waals surface area contributed by atoms with Crippen LogP contribution in [-0.4, -0.2) is 24.7 Å². The molecule has 0 bridgehead atoms. The van der Waals surface area contributed by atoms with Crippen molar-refractivity contribution in [3.8, 4) is 0 Å². The lowest BCUT2D eigenvalue weighted by Crippen LogP contribution is -2.56. The summed E-state index contributed by atoms with van der Waals surface area (Å²) in [5.74, 6) is -0.0810. The van der Waals surface area contributed by atoms with Crippen molar-refractivity contribution in [2.75, 3.05) is 13.2 Å². The molecule has 1 amide bonds. The first kappa shape index (κ1) is 15.5. The summed E-state index contributed by atoms with van der Waals surface area (Å²) in [4.78, 5) is 12.3. The van der Waals surface area contributed by atoms with Crippen LogP contribution in [-0.2, 0) is 16.1 Å². The Balaban J connectivity index is 2.03. The number of nitrogens with one attached hydrogen (secondary N) is 1. The van der Waals surface area contributed by atoms with E-state index >= 15 is 0 Å². The summed E-state index contributed by atoms with van der Waals surface area (Å²) in [6.07, 6.45) is 1.16. The van der Waals surface area contributed by atoms with Gasteiger partial charge in [0.05, 0.1) is 5.54 Å². The Morgan fingerprint density at radius 1 is 1.35 bits per heavy atom. The maximum atomic E-state index is 12.3. The van der Waals surface area contributed by atoms with E-state index in [1.807, 2.05) is 13.8 Å². The van der Waals surface area contributed by atoms with Crippen LogP contribution in [0.15, 0.2) is 16.6 Å². The second-order valence-electron chi connectivity index (χ2n) is 5.47. The molecule has 3 N–H and O–H groups in total. The van der Waals surface area contributed by atoms with E-state index in [2.05, 4.69) is 33.4 Å². The van der Waals surface area contributed by atoms with Crippen LogP contribution in [0.5, 0.6) is 0 Å². The molecule has 0 atom stereocenters. The Bertz CT molecular complexity index is 488. The van der Waals surface area contributed by atoms with E-state index in [1.54, 1.807) is 0 Å². The highest BCUT2D eigenvalue weighted by Crippen LogP contribution is 2.21. The van der Waals surface area contributed by atoms with E-state index in [9.17, 15) is 4.79 Å². The molecule has 0 unspecified atom stereocenters. The molecule has 0 saturated carbocycles. The minimum atomic E-state index is -0.782. The van der Waals surface area contributed by atoms with Crippen molar-refractivity contribution in [2.24, 2.45) is 5.73 Å². The lowest BCUT2D eigenvalue weighted by molar-refractivity contribution is -0.129. The van der Waals surface area contributed by atoms with Gasteiger partial charge in [0.1, 0.15) is 0 Å². The van der Waals surface area contributed by atoms with Gasteiger partial charge in [0, 0.05) is 24.2 Å². The smallest absolute Gasteiger partial charge is 0.240 e. The van der Waals surface area contributed by atoms with Gasteiger partial charge in [-0.25, -0.2) is 0 Å². The Labute approximate surface area is 128 Å². The van der Waals surface area contributed by atoms with E-state index in [4.69, 9.17) is 10.5 Å². The van der Waals surface area contributed by atoms with Crippen LogP contribution in [0.4, 0.5) is 0 Å². The summed E-state index contributed by atoms with van der Waals surface area (Å²) >= 11 is 3.48. The summed E-state index contributed by atoms with van der Waals surface area (Å²) in [6.45, 7) is 5.72. The van der Waals surface area contributed by atoms with E-state index in [0.717, 1.165) is 21.2 Å². The van der Waals surface area contributed by atoms with Crippen molar-refractivity contribution >= 4 is 21.8 Å². The average Bonchev–Trinajstić information content (AvgIpc) is 2.38. The van der Waals surface area contributed by atoms with Gasteiger partial charge in [-0.1, -0.05) is 15.9 Å². The fourth-order valence-electron chi connectivity index (χ4n) is 2.53. The molecule has 2 rings (SSSR count). The summed E-state index contributed by atoms with van der Waals surface area (Å²) in [6, 6.07) is 4.11. The molecule has 0 aromatic heterocycles. The Morgan fingerprint density at radius 2 is 1.90 bits per heavy atom. The molecule has 1 aliphatic heterocycles. The Morgan fingerprint density at radius 3 is 2.45 bits per heavy atom. The number of aryl methyl sites for hydroxylation is 2. The number of hydrogen-bond donors (Lipinski definition) is 2. The molecule has 0 radical (unpaired) electrons. The van der Waals surface area contributed by atoms with Gasteiger partial charge in [0.2, 0.25) is 5.91 Å². The molecule has 1 heterocycles. The molecule has 1 aromatic carbocycles. The van der Waals surface area contributed by atoms with Crippen molar-refractivity contribution in [1.29, 1.82) is 0 Å². The van der Waals surface area contributed by atoms with Crippen LogP contribution in [0.25, 0.3) is 0 Å². The van der Waals surface area contributed by atoms with Crippen molar-refractivity contribution in [2.45, 2.75) is 38.8 Å². The highest BCUT2D eigenvalue weighted by atomic mass is 79.9. The molecule has 0 spiro atoms. The van der Waals surface area contributed by atoms with Crippen molar-refractivity contribution < 1.29 is 9.53 Å². The molecular weight excluding hydrogens is 320 g/mol. The molecule has 1 saturated heterocycles. The molecule has 5 heteroatoms. The van der Waals surface area contributed by atoms with Crippen LogP contribution in [0.2, 0.25) is 0 Å². The molecule has 0 aliphatic carbocycles. The third kappa shape index (κ3) is 3.40. The van der Waals surface area contributed by atoms with Crippen LogP contribution in [0.1, 0.15) is 29.5 Å². The number of halogens is 1. The number of ether oxygens (including phenoxy) is 1. The predicted octanol–water partition coefficient (Wildman–Crippen LogP) is 2.19. The second-order valence-corrected chi connectivity index (χ2v) is 6.39. The minimum Gasteiger partial charge on any atom is -0.381 e. The topological polar surface area (TPSA) is 64.4 Å². The van der Waals surface area contributed by atoms with Gasteiger partial charge in [-0.3, -0.25) is 4.79 Å². The first-order chi connectivity index (χ1) is 9.42. The van der Waals surface area contributed by atoms with Gasteiger partial charge >= 0.3 is 0 Å². The van der Waals surface area contributed by atoms with Crippen molar-refractivity contribution in [3.63, 3.8) is 0 Å². The number of carbonyl (C=O) groups is 1. The molecule has 1 aliphatic rings. The fourth-order valence-corrected chi connectivity index (χ4v) is 3.21. The van der Waals surface area contributed by atoms with E-state index in [-0.39, 0.29) is 5.91 Å². The maximum Gasteiger partial charge on any atom is 0.240 e. The van der Waals surface area contributed by atoms with Gasteiger partial charge in [-0.05, 0) is 55.5 Å². The Hall–Kier alpha value is -0.910. The largest absolute Gasteiger partial charge is 0.381 e. The van der Waals surface area contributed by atoms with Gasteiger partial charge in [-0.2, -0.15) is 0 Å². The van der Waals surface area contributed by atoms with Crippen molar-refractivity contribution in [1.82, 2.24) is 5.32 Å². The third-order valence-electron chi connectivity index (χ3n) is 3.92.